The van der Waals surface area contributed by atoms with Gasteiger partial charge in [-0.15, -0.1) is 0 Å². The van der Waals surface area contributed by atoms with Gasteiger partial charge in [0, 0.05) is 26.2 Å². The van der Waals surface area contributed by atoms with E-state index < -0.39 is 6.04 Å². The van der Waals surface area contributed by atoms with E-state index >= 15 is 0 Å². The number of carbonyl (C=O) groups is 2. The number of nitrogens with one attached hydrogen (secondary N) is 2. The van der Waals surface area contributed by atoms with Gasteiger partial charge in [-0.25, -0.2) is 0 Å². The molecular weight excluding hydrogens is 326 g/mol. The van der Waals surface area contributed by atoms with Crippen LogP contribution in [0.4, 0.5) is 0 Å². The number of hydrogen-bond donors (Lipinski definition) is 2. The molecule has 1 saturated carbocycles. The molecule has 136 valence electrons. The van der Waals surface area contributed by atoms with Crippen molar-refractivity contribution in [2.75, 3.05) is 19.6 Å². The number of benzene rings is 2. The molecule has 0 radical (unpaired) electrons. The van der Waals surface area contributed by atoms with Crippen molar-refractivity contribution in [3.05, 3.63) is 48.0 Å². The molecule has 2 amide bonds. The molecule has 1 saturated heterocycles. The summed E-state index contributed by atoms with van der Waals surface area (Å²) in [7, 11) is 0. The second-order valence-corrected chi connectivity index (χ2v) is 7.37. The van der Waals surface area contributed by atoms with Gasteiger partial charge < -0.3 is 10.6 Å². The van der Waals surface area contributed by atoms with Gasteiger partial charge in [0.25, 0.3) is 0 Å². The molecule has 1 heterocycles. The lowest BCUT2D eigenvalue weighted by atomic mass is 10.0. The predicted molar refractivity (Wildman–Crippen MR) is 102 cm³/mol. The highest BCUT2D eigenvalue weighted by atomic mass is 16.2. The smallest absolute Gasteiger partial charge is 0.237 e. The van der Waals surface area contributed by atoms with Crippen molar-refractivity contribution >= 4 is 22.6 Å². The number of rotatable bonds is 6. The number of amides is 2. The monoisotopic (exact) mass is 351 g/mol. The first kappa shape index (κ1) is 17.0. The minimum absolute atomic E-state index is 0.0260. The van der Waals surface area contributed by atoms with Gasteiger partial charge in [0.05, 0.1) is 12.5 Å². The summed E-state index contributed by atoms with van der Waals surface area (Å²) in [5.41, 5.74) is 1.20. The average Bonchev–Trinajstić information content (AvgIpc) is 3.48. The van der Waals surface area contributed by atoms with Gasteiger partial charge in [0.2, 0.25) is 11.8 Å². The molecule has 1 aliphatic heterocycles. The normalized spacial score (nSPS) is 20.8. The Morgan fingerprint density at radius 3 is 2.81 bits per heavy atom. The maximum Gasteiger partial charge on any atom is 0.237 e. The zero-order valence-corrected chi connectivity index (χ0v) is 14.9. The summed E-state index contributed by atoms with van der Waals surface area (Å²) < 4.78 is 0. The van der Waals surface area contributed by atoms with E-state index in [1.54, 1.807) is 0 Å². The molecule has 1 unspecified atom stereocenters. The van der Waals surface area contributed by atoms with Crippen LogP contribution in [0.25, 0.3) is 10.8 Å². The van der Waals surface area contributed by atoms with Crippen LogP contribution in [-0.4, -0.2) is 42.4 Å². The Morgan fingerprint density at radius 1 is 1.15 bits per heavy atom. The van der Waals surface area contributed by atoms with Crippen molar-refractivity contribution in [2.45, 2.75) is 31.8 Å². The fourth-order valence-corrected chi connectivity index (χ4v) is 3.65. The van der Waals surface area contributed by atoms with E-state index in [2.05, 4.69) is 45.9 Å². The first-order valence-electron chi connectivity index (χ1n) is 9.46. The van der Waals surface area contributed by atoms with Gasteiger partial charge in [0.15, 0.2) is 0 Å². The van der Waals surface area contributed by atoms with Crippen LogP contribution in [0.1, 0.15) is 24.8 Å². The highest BCUT2D eigenvalue weighted by molar-refractivity contribution is 5.89. The molecule has 2 aliphatic rings. The molecule has 2 fully saturated rings. The Hall–Kier alpha value is -2.40. The lowest BCUT2D eigenvalue weighted by Gasteiger charge is -2.35. The molecule has 1 atom stereocenters. The molecule has 0 spiro atoms. The summed E-state index contributed by atoms with van der Waals surface area (Å²) in [5, 5.41) is 8.29. The van der Waals surface area contributed by atoms with Crippen molar-refractivity contribution in [1.29, 1.82) is 0 Å². The van der Waals surface area contributed by atoms with E-state index in [0.29, 0.717) is 19.0 Å². The van der Waals surface area contributed by atoms with Crippen LogP contribution >= 0.6 is 0 Å². The number of piperazine rings is 1. The number of fused-ring (bicyclic) bond motifs is 1. The molecular formula is C21H25N3O2. The van der Waals surface area contributed by atoms with E-state index in [9.17, 15) is 9.59 Å². The van der Waals surface area contributed by atoms with E-state index in [1.807, 2.05) is 12.1 Å². The molecule has 0 aromatic heterocycles. The lowest BCUT2D eigenvalue weighted by molar-refractivity contribution is -0.134. The lowest BCUT2D eigenvalue weighted by Crippen LogP contribution is -2.56. The molecule has 2 aromatic carbocycles. The van der Waals surface area contributed by atoms with Crippen LogP contribution in [0.15, 0.2) is 42.5 Å². The van der Waals surface area contributed by atoms with Crippen molar-refractivity contribution in [1.82, 2.24) is 15.5 Å². The van der Waals surface area contributed by atoms with Crippen LogP contribution < -0.4 is 10.6 Å². The van der Waals surface area contributed by atoms with Gasteiger partial charge in [0.1, 0.15) is 0 Å². The van der Waals surface area contributed by atoms with Crippen molar-refractivity contribution in [3.63, 3.8) is 0 Å². The van der Waals surface area contributed by atoms with Crippen molar-refractivity contribution in [2.24, 2.45) is 5.92 Å². The molecule has 5 heteroatoms. The van der Waals surface area contributed by atoms with E-state index in [4.69, 9.17) is 0 Å². The molecule has 2 N–H and O–H groups in total. The number of nitrogens with zero attached hydrogens (tertiary/aromatic N) is 1. The molecule has 26 heavy (non-hydrogen) atoms. The zero-order valence-electron chi connectivity index (χ0n) is 14.9. The Kier molecular flexibility index (Phi) is 4.89. The number of hydrogen-bond acceptors (Lipinski definition) is 3. The Balaban J connectivity index is 1.48. The SMILES string of the molecule is O=C(CC1C(=O)NCCN1Cc1cccc2ccccc12)NCC1CC1. The first-order chi connectivity index (χ1) is 12.7. The van der Waals surface area contributed by atoms with Gasteiger partial charge in [-0.3, -0.25) is 14.5 Å². The molecule has 5 nitrogen and oxygen atoms in total. The number of carbonyl (C=O) groups excluding carboxylic acids is 2. The summed E-state index contributed by atoms with van der Waals surface area (Å²) in [4.78, 5) is 26.8. The Morgan fingerprint density at radius 2 is 1.96 bits per heavy atom. The van der Waals surface area contributed by atoms with Crippen molar-refractivity contribution < 1.29 is 9.59 Å². The Labute approximate surface area is 153 Å². The molecule has 1 aliphatic carbocycles. The Bertz CT molecular complexity index is 811. The highest BCUT2D eigenvalue weighted by Gasteiger charge is 2.32. The van der Waals surface area contributed by atoms with E-state index in [0.717, 1.165) is 13.1 Å². The predicted octanol–water partition coefficient (Wildman–Crippen LogP) is 2.06. The highest BCUT2D eigenvalue weighted by Crippen LogP contribution is 2.27. The van der Waals surface area contributed by atoms with Gasteiger partial charge in [-0.2, -0.15) is 0 Å². The van der Waals surface area contributed by atoms with Gasteiger partial charge >= 0.3 is 0 Å². The third kappa shape index (κ3) is 3.88. The van der Waals surface area contributed by atoms with Crippen LogP contribution in [-0.2, 0) is 16.1 Å². The standard InChI is InChI=1S/C21H25N3O2/c25-20(23-13-15-8-9-15)12-19-21(26)22-10-11-24(19)14-17-6-3-5-16-4-1-2-7-18(16)17/h1-7,15,19H,8-14H2,(H,22,26)(H,23,25). The average molecular weight is 351 g/mol. The molecule has 0 bridgehead atoms. The first-order valence-corrected chi connectivity index (χ1v) is 9.46. The van der Waals surface area contributed by atoms with Crippen LogP contribution in [0.2, 0.25) is 0 Å². The minimum atomic E-state index is -0.401. The summed E-state index contributed by atoms with van der Waals surface area (Å²) in [5.74, 6) is 0.575. The second kappa shape index (κ2) is 7.46. The van der Waals surface area contributed by atoms with E-state index in [1.165, 1.54) is 29.2 Å². The summed E-state index contributed by atoms with van der Waals surface area (Å²) >= 11 is 0. The largest absolute Gasteiger partial charge is 0.356 e. The minimum Gasteiger partial charge on any atom is -0.356 e. The maximum atomic E-state index is 12.4. The summed E-state index contributed by atoms with van der Waals surface area (Å²) in [6.07, 6.45) is 2.64. The van der Waals surface area contributed by atoms with Crippen LogP contribution in [0.5, 0.6) is 0 Å². The van der Waals surface area contributed by atoms with Gasteiger partial charge in [-0.1, -0.05) is 42.5 Å². The second-order valence-electron chi connectivity index (χ2n) is 7.37. The maximum absolute atomic E-state index is 12.4. The zero-order chi connectivity index (χ0) is 17.9. The third-order valence-electron chi connectivity index (χ3n) is 5.36. The van der Waals surface area contributed by atoms with E-state index in [-0.39, 0.29) is 18.2 Å². The van der Waals surface area contributed by atoms with Crippen LogP contribution in [0, 0.1) is 5.92 Å². The van der Waals surface area contributed by atoms with Crippen molar-refractivity contribution in [3.8, 4) is 0 Å². The van der Waals surface area contributed by atoms with Gasteiger partial charge in [-0.05, 0) is 35.1 Å². The third-order valence-corrected chi connectivity index (χ3v) is 5.36. The molecule has 4 rings (SSSR count). The quantitative estimate of drug-likeness (QED) is 0.837. The topological polar surface area (TPSA) is 61.4 Å². The van der Waals surface area contributed by atoms with Crippen LogP contribution in [0.3, 0.4) is 0 Å². The fourth-order valence-electron chi connectivity index (χ4n) is 3.65. The summed E-state index contributed by atoms with van der Waals surface area (Å²) in [6, 6.07) is 14.2. The fraction of sp³-hybridized carbons (Fsp3) is 0.429. The summed E-state index contributed by atoms with van der Waals surface area (Å²) in [6.45, 7) is 2.81. The molecule has 2 aromatic rings.